The van der Waals surface area contributed by atoms with Crippen LogP contribution in [0.5, 0.6) is 0 Å². The van der Waals surface area contributed by atoms with Gasteiger partial charge in [0.05, 0.1) is 27.5 Å². The molecule has 2 aromatic rings. The van der Waals surface area contributed by atoms with Crippen LogP contribution in [-0.4, -0.2) is 13.9 Å². The van der Waals surface area contributed by atoms with Gasteiger partial charge in [-0.15, -0.1) is 0 Å². The molecule has 0 spiro atoms. The van der Waals surface area contributed by atoms with Crippen molar-refractivity contribution in [2.24, 2.45) is 0 Å². The SMILES string of the molecule is CC(C)(C)S(=O)N[C@@H](c1ccccc1)c1ccccn1. The van der Waals surface area contributed by atoms with Crippen molar-refractivity contribution in [1.82, 2.24) is 9.71 Å². The summed E-state index contributed by atoms with van der Waals surface area (Å²) in [4.78, 5) is 4.39. The fraction of sp³-hybridized carbons (Fsp3) is 0.312. The van der Waals surface area contributed by atoms with E-state index in [4.69, 9.17) is 0 Å². The quantitative estimate of drug-likeness (QED) is 0.938. The number of benzene rings is 1. The van der Waals surface area contributed by atoms with Crippen LogP contribution in [0.15, 0.2) is 54.7 Å². The van der Waals surface area contributed by atoms with Crippen LogP contribution in [0.4, 0.5) is 0 Å². The molecule has 0 saturated carbocycles. The average Bonchev–Trinajstić information content (AvgIpc) is 2.45. The molecule has 4 heteroatoms. The molecule has 1 heterocycles. The van der Waals surface area contributed by atoms with Crippen LogP contribution >= 0.6 is 0 Å². The van der Waals surface area contributed by atoms with Crippen molar-refractivity contribution in [2.75, 3.05) is 0 Å². The van der Waals surface area contributed by atoms with Crippen LogP contribution in [0.1, 0.15) is 38.1 Å². The molecule has 0 aliphatic carbocycles. The second-order valence-electron chi connectivity index (χ2n) is 5.60. The molecule has 0 radical (unpaired) electrons. The van der Waals surface area contributed by atoms with Gasteiger partial charge in [-0.05, 0) is 38.5 Å². The monoisotopic (exact) mass is 288 g/mol. The predicted octanol–water partition coefficient (Wildman–Crippen LogP) is 3.22. The number of nitrogens with one attached hydrogen (secondary N) is 1. The highest BCUT2D eigenvalue weighted by Gasteiger charge is 2.25. The molecule has 106 valence electrons. The molecule has 1 unspecified atom stereocenters. The van der Waals surface area contributed by atoms with Gasteiger partial charge in [0, 0.05) is 6.20 Å². The van der Waals surface area contributed by atoms with Crippen LogP contribution < -0.4 is 4.72 Å². The summed E-state index contributed by atoms with van der Waals surface area (Å²) in [5, 5.41) is 0. The lowest BCUT2D eigenvalue weighted by atomic mass is 10.0. The molecule has 1 aromatic carbocycles. The Morgan fingerprint density at radius 1 is 1.05 bits per heavy atom. The number of aromatic nitrogens is 1. The molecule has 0 saturated heterocycles. The molecule has 1 aromatic heterocycles. The van der Waals surface area contributed by atoms with Gasteiger partial charge in [-0.2, -0.15) is 0 Å². The van der Waals surface area contributed by atoms with Gasteiger partial charge in [0.15, 0.2) is 0 Å². The van der Waals surface area contributed by atoms with Crippen LogP contribution in [0.2, 0.25) is 0 Å². The van der Waals surface area contributed by atoms with Gasteiger partial charge in [-0.1, -0.05) is 36.4 Å². The zero-order chi connectivity index (χ0) is 14.6. The van der Waals surface area contributed by atoms with Crippen LogP contribution in [0, 0.1) is 0 Å². The van der Waals surface area contributed by atoms with Gasteiger partial charge in [-0.25, -0.2) is 8.93 Å². The Balaban J connectivity index is 2.34. The van der Waals surface area contributed by atoms with E-state index in [1.54, 1.807) is 6.20 Å². The molecular weight excluding hydrogens is 268 g/mol. The van der Waals surface area contributed by atoms with Gasteiger partial charge >= 0.3 is 0 Å². The van der Waals surface area contributed by atoms with Crippen molar-refractivity contribution in [3.63, 3.8) is 0 Å². The Morgan fingerprint density at radius 3 is 2.25 bits per heavy atom. The van der Waals surface area contributed by atoms with Crippen LogP contribution in [0.3, 0.4) is 0 Å². The highest BCUT2D eigenvalue weighted by molar-refractivity contribution is 7.84. The Morgan fingerprint density at radius 2 is 1.70 bits per heavy atom. The molecule has 2 atom stereocenters. The predicted molar refractivity (Wildman–Crippen MR) is 83.6 cm³/mol. The van der Waals surface area contributed by atoms with Crippen molar-refractivity contribution in [2.45, 2.75) is 31.6 Å². The van der Waals surface area contributed by atoms with Crippen molar-refractivity contribution in [1.29, 1.82) is 0 Å². The third-order valence-corrected chi connectivity index (χ3v) is 4.46. The average molecular weight is 288 g/mol. The first-order valence-corrected chi connectivity index (χ1v) is 7.77. The number of rotatable bonds is 4. The largest absolute Gasteiger partial charge is 0.259 e. The summed E-state index contributed by atoms with van der Waals surface area (Å²) in [6, 6.07) is 15.6. The second-order valence-corrected chi connectivity index (χ2v) is 7.60. The van der Waals surface area contributed by atoms with Crippen molar-refractivity contribution in [3.05, 3.63) is 66.0 Å². The zero-order valence-corrected chi connectivity index (χ0v) is 12.9. The zero-order valence-electron chi connectivity index (χ0n) is 12.0. The van der Waals surface area contributed by atoms with Gasteiger partial charge < -0.3 is 0 Å². The lowest BCUT2D eigenvalue weighted by Gasteiger charge is -2.24. The van der Waals surface area contributed by atoms with E-state index in [0.717, 1.165) is 11.3 Å². The Kier molecular flexibility index (Phi) is 4.68. The maximum atomic E-state index is 12.4. The van der Waals surface area contributed by atoms with Crippen molar-refractivity contribution < 1.29 is 4.21 Å². The maximum Gasteiger partial charge on any atom is 0.0979 e. The normalized spacial score (nSPS) is 14.8. The summed E-state index contributed by atoms with van der Waals surface area (Å²) < 4.78 is 15.3. The summed E-state index contributed by atoms with van der Waals surface area (Å²) in [6.07, 6.45) is 1.76. The first-order valence-electron chi connectivity index (χ1n) is 6.62. The maximum absolute atomic E-state index is 12.4. The Labute approximate surface area is 123 Å². The van der Waals surface area contributed by atoms with Gasteiger partial charge in [-0.3, -0.25) is 4.98 Å². The first kappa shape index (κ1) is 14.9. The molecule has 0 fully saturated rings. The molecule has 1 N–H and O–H groups in total. The lowest BCUT2D eigenvalue weighted by Crippen LogP contribution is -2.36. The third-order valence-electron chi connectivity index (χ3n) is 2.90. The second kappa shape index (κ2) is 6.29. The van der Waals surface area contributed by atoms with Crippen molar-refractivity contribution in [3.8, 4) is 0 Å². The Bertz CT molecular complexity index is 525. The number of nitrogens with zero attached hydrogens (tertiary/aromatic N) is 1. The van der Waals surface area contributed by atoms with E-state index in [0.29, 0.717) is 0 Å². The van der Waals surface area contributed by atoms with Gasteiger partial charge in [0.25, 0.3) is 0 Å². The molecule has 0 amide bonds. The number of pyridine rings is 1. The summed E-state index contributed by atoms with van der Waals surface area (Å²) >= 11 is 0. The highest BCUT2D eigenvalue weighted by Crippen LogP contribution is 2.22. The van der Waals surface area contributed by atoms with Crippen molar-refractivity contribution >= 4 is 11.0 Å². The summed E-state index contributed by atoms with van der Waals surface area (Å²) in [5.41, 5.74) is 1.93. The lowest BCUT2D eigenvalue weighted by molar-refractivity contribution is 0.620. The van der Waals surface area contributed by atoms with Crippen LogP contribution in [0.25, 0.3) is 0 Å². The molecule has 3 nitrogen and oxygen atoms in total. The van der Waals surface area contributed by atoms with E-state index in [9.17, 15) is 4.21 Å². The minimum Gasteiger partial charge on any atom is -0.259 e. The Hall–Kier alpha value is -1.52. The van der Waals surface area contributed by atoms with E-state index in [2.05, 4.69) is 9.71 Å². The van der Waals surface area contributed by atoms with Crippen LogP contribution in [-0.2, 0) is 11.0 Å². The van der Waals surface area contributed by atoms with E-state index in [1.807, 2.05) is 69.3 Å². The summed E-state index contributed by atoms with van der Waals surface area (Å²) in [7, 11) is -1.16. The van der Waals surface area contributed by atoms with E-state index >= 15 is 0 Å². The smallest absolute Gasteiger partial charge is 0.0979 e. The molecule has 0 bridgehead atoms. The highest BCUT2D eigenvalue weighted by atomic mass is 32.2. The molecule has 20 heavy (non-hydrogen) atoms. The first-order chi connectivity index (χ1) is 9.48. The topological polar surface area (TPSA) is 42.0 Å². The van der Waals surface area contributed by atoms with Gasteiger partial charge in [0.2, 0.25) is 0 Å². The number of hydrogen-bond donors (Lipinski definition) is 1. The standard InChI is InChI=1S/C16H20N2OS/c1-16(2,3)20(19)18-15(13-9-5-4-6-10-13)14-11-7-8-12-17-14/h4-12,15,18H,1-3H3/t15-,20?/m0/s1. The fourth-order valence-electron chi connectivity index (χ4n) is 1.78. The summed E-state index contributed by atoms with van der Waals surface area (Å²) in [5.74, 6) is 0. The summed E-state index contributed by atoms with van der Waals surface area (Å²) in [6.45, 7) is 5.86. The number of hydrogen-bond acceptors (Lipinski definition) is 2. The molecule has 2 rings (SSSR count). The minimum absolute atomic E-state index is 0.169. The van der Waals surface area contributed by atoms with E-state index < -0.39 is 11.0 Å². The van der Waals surface area contributed by atoms with E-state index in [-0.39, 0.29) is 10.8 Å². The van der Waals surface area contributed by atoms with E-state index in [1.165, 1.54) is 0 Å². The fourth-order valence-corrected chi connectivity index (χ4v) is 2.60. The molecule has 0 aliphatic rings. The molecular formula is C16H20N2OS. The minimum atomic E-state index is -1.16. The third kappa shape index (κ3) is 3.74. The molecule has 0 aliphatic heterocycles. The van der Waals surface area contributed by atoms with Gasteiger partial charge in [0.1, 0.15) is 0 Å².